The van der Waals surface area contributed by atoms with Gasteiger partial charge in [-0.05, 0) is 25.1 Å². The molecule has 0 fully saturated rings. The Morgan fingerprint density at radius 2 is 1.89 bits per heavy atom. The third-order valence-corrected chi connectivity index (χ3v) is 6.26. The van der Waals surface area contributed by atoms with Crippen molar-refractivity contribution in [3.05, 3.63) is 87.3 Å². The van der Waals surface area contributed by atoms with Crippen LogP contribution < -0.4 is 10.2 Å². The van der Waals surface area contributed by atoms with Gasteiger partial charge < -0.3 is 14.4 Å². The van der Waals surface area contributed by atoms with Crippen LogP contribution >= 0.6 is 11.8 Å². The first kappa shape index (κ1) is 18.4. The average molecular weight is 393 g/mol. The van der Waals surface area contributed by atoms with E-state index in [-0.39, 0.29) is 10.8 Å². The average Bonchev–Trinajstić information content (AvgIpc) is 2.84. The Balaban J connectivity index is 2.03. The summed E-state index contributed by atoms with van der Waals surface area (Å²) in [5.41, 5.74) is 2.48. The second-order valence-corrected chi connectivity index (χ2v) is 7.88. The summed E-state index contributed by atoms with van der Waals surface area (Å²) < 4.78 is 7.45. The number of carboxylic acid groups (broad SMARTS) is 1. The van der Waals surface area contributed by atoms with Gasteiger partial charge in [-0.3, -0.25) is 4.79 Å². The molecule has 28 heavy (non-hydrogen) atoms. The van der Waals surface area contributed by atoms with Gasteiger partial charge in [0.05, 0.1) is 12.8 Å². The SMILES string of the molecule is COc1ccccc1[C@H]1Cc2c(C(=O)O)c(=O)cc(C)n2-c2ccccc2S1. The molecule has 4 rings (SSSR count). The van der Waals surface area contributed by atoms with Gasteiger partial charge in [0.25, 0.3) is 0 Å². The van der Waals surface area contributed by atoms with Crippen molar-refractivity contribution >= 4 is 17.7 Å². The Hall–Kier alpha value is -2.99. The molecule has 5 nitrogen and oxygen atoms in total. The van der Waals surface area contributed by atoms with E-state index in [1.54, 1.807) is 18.9 Å². The quantitative estimate of drug-likeness (QED) is 0.721. The number of carbonyl (C=O) groups is 1. The van der Waals surface area contributed by atoms with E-state index < -0.39 is 11.4 Å². The number of fused-ring (bicyclic) bond motifs is 3. The monoisotopic (exact) mass is 393 g/mol. The Morgan fingerprint density at radius 3 is 2.64 bits per heavy atom. The first-order chi connectivity index (χ1) is 13.5. The smallest absolute Gasteiger partial charge is 0.341 e. The Morgan fingerprint density at radius 1 is 1.18 bits per heavy atom. The second-order valence-electron chi connectivity index (χ2n) is 6.63. The number of hydrogen-bond donors (Lipinski definition) is 1. The van der Waals surface area contributed by atoms with E-state index in [0.29, 0.717) is 12.1 Å². The van der Waals surface area contributed by atoms with Crippen LogP contribution in [0.2, 0.25) is 0 Å². The molecule has 0 saturated carbocycles. The van der Waals surface area contributed by atoms with Crippen molar-refractivity contribution in [2.24, 2.45) is 0 Å². The number of para-hydroxylation sites is 2. The Labute approximate surface area is 166 Å². The predicted molar refractivity (Wildman–Crippen MR) is 109 cm³/mol. The van der Waals surface area contributed by atoms with Crippen molar-refractivity contribution in [3.63, 3.8) is 0 Å². The van der Waals surface area contributed by atoms with E-state index in [1.807, 2.05) is 60.0 Å². The Bertz CT molecular complexity index is 1140. The number of methoxy groups -OCH3 is 1. The molecule has 1 N–H and O–H groups in total. The largest absolute Gasteiger partial charge is 0.496 e. The fourth-order valence-electron chi connectivity index (χ4n) is 3.77. The van der Waals surface area contributed by atoms with Gasteiger partial charge in [0.15, 0.2) is 5.43 Å². The summed E-state index contributed by atoms with van der Waals surface area (Å²) in [6, 6.07) is 17.0. The molecule has 1 aliphatic rings. The number of ether oxygens (including phenoxy) is 1. The van der Waals surface area contributed by atoms with Gasteiger partial charge in [0.1, 0.15) is 11.3 Å². The number of aryl methyl sites for hydroxylation is 1. The highest BCUT2D eigenvalue weighted by Crippen LogP contribution is 2.46. The van der Waals surface area contributed by atoms with Gasteiger partial charge in [-0.25, -0.2) is 4.79 Å². The lowest BCUT2D eigenvalue weighted by atomic mass is 10.0. The molecule has 0 amide bonds. The first-order valence-corrected chi connectivity index (χ1v) is 9.77. The lowest BCUT2D eigenvalue weighted by Crippen LogP contribution is -2.24. The zero-order chi connectivity index (χ0) is 19.8. The van der Waals surface area contributed by atoms with Crippen LogP contribution in [0.15, 0.2) is 64.3 Å². The number of benzene rings is 2. The molecular formula is C22H19NO4S. The minimum atomic E-state index is -1.20. The third-order valence-electron chi connectivity index (χ3n) is 4.95. The molecule has 1 atom stereocenters. The number of aromatic nitrogens is 1. The van der Waals surface area contributed by atoms with Crippen molar-refractivity contribution in [2.75, 3.05) is 7.11 Å². The minimum Gasteiger partial charge on any atom is -0.496 e. The normalized spacial score (nSPS) is 15.3. The van der Waals surface area contributed by atoms with Crippen LogP contribution in [0.5, 0.6) is 5.75 Å². The maximum atomic E-state index is 12.5. The third kappa shape index (κ3) is 2.99. The van der Waals surface area contributed by atoms with E-state index in [9.17, 15) is 14.7 Å². The summed E-state index contributed by atoms with van der Waals surface area (Å²) >= 11 is 1.66. The van der Waals surface area contributed by atoms with Gasteiger partial charge in [-0.15, -0.1) is 11.8 Å². The number of hydrogen-bond acceptors (Lipinski definition) is 4. The summed E-state index contributed by atoms with van der Waals surface area (Å²) in [7, 11) is 1.62. The summed E-state index contributed by atoms with van der Waals surface area (Å²) in [6.45, 7) is 1.83. The molecule has 2 aromatic carbocycles. The van der Waals surface area contributed by atoms with Crippen LogP contribution in [-0.2, 0) is 6.42 Å². The number of nitrogens with zero attached hydrogens (tertiary/aromatic N) is 1. The molecule has 2 heterocycles. The van der Waals surface area contributed by atoms with Crippen LogP contribution in [-0.4, -0.2) is 22.8 Å². The van der Waals surface area contributed by atoms with Crippen LogP contribution in [0.4, 0.5) is 0 Å². The molecule has 142 valence electrons. The molecule has 0 radical (unpaired) electrons. The van der Waals surface area contributed by atoms with Crippen LogP contribution in [0, 0.1) is 6.92 Å². The minimum absolute atomic E-state index is 0.0923. The van der Waals surface area contributed by atoms with Gasteiger partial charge in [0.2, 0.25) is 0 Å². The molecular weight excluding hydrogens is 374 g/mol. The van der Waals surface area contributed by atoms with Crippen LogP contribution in [0.1, 0.15) is 32.6 Å². The van der Waals surface area contributed by atoms with Crippen molar-refractivity contribution in [3.8, 4) is 11.4 Å². The van der Waals surface area contributed by atoms with Crippen molar-refractivity contribution < 1.29 is 14.6 Å². The predicted octanol–water partition coefficient (Wildman–Crippen LogP) is 4.24. The lowest BCUT2D eigenvalue weighted by molar-refractivity contribution is 0.0693. The molecule has 1 aliphatic heterocycles. The number of thioether (sulfide) groups is 1. The van der Waals surface area contributed by atoms with Crippen molar-refractivity contribution in [1.29, 1.82) is 0 Å². The molecule has 6 heteroatoms. The van der Waals surface area contributed by atoms with Crippen molar-refractivity contribution in [2.45, 2.75) is 23.5 Å². The summed E-state index contributed by atoms with van der Waals surface area (Å²) in [6.07, 6.45) is 0.401. The summed E-state index contributed by atoms with van der Waals surface area (Å²) in [4.78, 5) is 25.5. The number of aromatic carboxylic acids is 1. The van der Waals surface area contributed by atoms with Crippen LogP contribution in [0.3, 0.4) is 0 Å². The number of rotatable bonds is 3. The van der Waals surface area contributed by atoms with E-state index in [0.717, 1.165) is 27.6 Å². The number of carboxylic acids is 1. The van der Waals surface area contributed by atoms with Gasteiger partial charge in [-0.1, -0.05) is 30.3 Å². The van der Waals surface area contributed by atoms with E-state index in [1.165, 1.54) is 6.07 Å². The lowest BCUT2D eigenvalue weighted by Gasteiger charge is -2.19. The highest BCUT2D eigenvalue weighted by Gasteiger charge is 2.30. The molecule has 0 unspecified atom stereocenters. The summed E-state index contributed by atoms with van der Waals surface area (Å²) in [5.74, 6) is -0.449. The van der Waals surface area contributed by atoms with E-state index in [2.05, 4.69) is 0 Å². The maximum absolute atomic E-state index is 12.5. The molecule has 0 saturated heterocycles. The van der Waals surface area contributed by atoms with Gasteiger partial charge >= 0.3 is 5.97 Å². The fraction of sp³-hybridized carbons (Fsp3) is 0.182. The molecule has 0 spiro atoms. The molecule has 3 aromatic rings. The second kappa shape index (κ2) is 7.20. The molecule has 1 aromatic heterocycles. The van der Waals surface area contributed by atoms with Gasteiger partial charge in [-0.2, -0.15) is 0 Å². The van der Waals surface area contributed by atoms with E-state index >= 15 is 0 Å². The number of pyridine rings is 1. The van der Waals surface area contributed by atoms with Crippen molar-refractivity contribution in [1.82, 2.24) is 4.57 Å². The zero-order valence-electron chi connectivity index (χ0n) is 15.5. The van der Waals surface area contributed by atoms with Crippen LogP contribution in [0.25, 0.3) is 5.69 Å². The maximum Gasteiger partial charge on any atom is 0.341 e. The fourth-order valence-corrected chi connectivity index (χ4v) is 5.08. The zero-order valence-corrected chi connectivity index (χ0v) is 16.3. The van der Waals surface area contributed by atoms with E-state index in [4.69, 9.17) is 4.74 Å². The van der Waals surface area contributed by atoms with Gasteiger partial charge in [0, 0.05) is 39.6 Å². The standard InChI is InChI=1S/C22H19NO4S/c1-13-11-17(24)21(22(25)26)16-12-20(14-7-3-5-9-18(14)27-2)28-19-10-6-4-8-15(19)23(13)16/h3-11,20H,12H2,1-2H3,(H,25,26)/t20-/m1/s1. The molecule has 0 bridgehead atoms. The molecule has 0 aliphatic carbocycles. The topological polar surface area (TPSA) is 68.5 Å². The summed E-state index contributed by atoms with van der Waals surface area (Å²) in [5, 5.41) is 9.67. The first-order valence-electron chi connectivity index (χ1n) is 8.89. The highest BCUT2D eigenvalue weighted by molar-refractivity contribution is 7.99. The Kier molecular flexibility index (Phi) is 4.73. The highest BCUT2D eigenvalue weighted by atomic mass is 32.2.